The highest BCUT2D eigenvalue weighted by Gasteiger charge is 2.25. The van der Waals surface area contributed by atoms with Crippen molar-refractivity contribution in [2.24, 2.45) is 5.92 Å². The molecule has 144 valence electrons. The molecule has 1 fully saturated rings. The van der Waals surface area contributed by atoms with Crippen molar-refractivity contribution < 1.29 is 22.7 Å². The van der Waals surface area contributed by atoms with Gasteiger partial charge in [-0.15, -0.1) is 0 Å². The molecule has 1 heterocycles. The number of halogens is 1. The molecule has 7 nitrogen and oxygen atoms in total. The summed E-state index contributed by atoms with van der Waals surface area (Å²) < 4.78 is 40.9. The lowest BCUT2D eigenvalue weighted by Crippen LogP contribution is -2.34. The molecule has 0 bridgehead atoms. The zero-order valence-electron chi connectivity index (χ0n) is 14.4. The predicted molar refractivity (Wildman–Crippen MR) is 98.4 cm³/mol. The number of benzene rings is 2. The molecule has 2 atom stereocenters. The van der Waals surface area contributed by atoms with Crippen LogP contribution in [-0.4, -0.2) is 45.2 Å². The van der Waals surface area contributed by atoms with E-state index in [0.717, 1.165) is 6.07 Å². The number of carbonyl (C=O) groups is 1. The summed E-state index contributed by atoms with van der Waals surface area (Å²) in [6, 6.07) is 10.9. The summed E-state index contributed by atoms with van der Waals surface area (Å²) in [6.45, 7) is 1.36. The molecule has 0 spiro atoms. The molecular weight excluding hydrogens is 373 g/mol. The number of hydrogen-bond acceptors (Lipinski definition) is 5. The first-order chi connectivity index (χ1) is 12.9. The average molecular weight is 393 g/mol. The molecular formula is C18H20FN3O4S. The van der Waals surface area contributed by atoms with Gasteiger partial charge in [0, 0.05) is 31.1 Å². The molecule has 9 heteroatoms. The van der Waals surface area contributed by atoms with E-state index in [-0.39, 0.29) is 28.6 Å². The van der Waals surface area contributed by atoms with Crippen LogP contribution in [0, 0.1) is 11.7 Å². The lowest BCUT2D eigenvalue weighted by molar-refractivity contribution is 0.0927. The highest BCUT2D eigenvalue weighted by Crippen LogP contribution is 2.19. The average Bonchev–Trinajstić information content (AvgIpc) is 3.06. The van der Waals surface area contributed by atoms with Gasteiger partial charge in [0.25, 0.3) is 15.9 Å². The second-order valence-corrected chi connectivity index (χ2v) is 7.99. The van der Waals surface area contributed by atoms with Gasteiger partial charge < -0.3 is 15.7 Å². The van der Waals surface area contributed by atoms with Crippen LogP contribution in [0.4, 0.5) is 10.1 Å². The Kier molecular flexibility index (Phi) is 5.73. The van der Waals surface area contributed by atoms with E-state index in [9.17, 15) is 22.7 Å². The smallest absolute Gasteiger partial charge is 0.262 e. The number of sulfonamides is 1. The van der Waals surface area contributed by atoms with Crippen LogP contribution in [0.25, 0.3) is 0 Å². The van der Waals surface area contributed by atoms with Crippen LogP contribution in [0.2, 0.25) is 0 Å². The van der Waals surface area contributed by atoms with Gasteiger partial charge in [0.1, 0.15) is 5.82 Å². The van der Waals surface area contributed by atoms with Crippen LogP contribution in [-0.2, 0) is 10.0 Å². The fourth-order valence-electron chi connectivity index (χ4n) is 2.81. The van der Waals surface area contributed by atoms with Gasteiger partial charge in [0.05, 0.1) is 16.7 Å². The SMILES string of the molecule is O=C(NCC1CNCC1O)c1cccc(S(=O)(=O)Nc2ccccc2F)c1. The first-order valence-corrected chi connectivity index (χ1v) is 9.89. The second kappa shape index (κ2) is 8.03. The lowest BCUT2D eigenvalue weighted by atomic mass is 10.1. The lowest BCUT2D eigenvalue weighted by Gasteiger charge is -2.14. The Balaban J connectivity index is 1.72. The second-order valence-electron chi connectivity index (χ2n) is 6.31. The topological polar surface area (TPSA) is 108 Å². The molecule has 4 N–H and O–H groups in total. The van der Waals surface area contributed by atoms with E-state index < -0.39 is 27.9 Å². The van der Waals surface area contributed by atoms with Crippen LogP contribution in [0.5, 0.6) is 0 Å². The quantitative estimate of drug-likeness (QED) is 0.584. The Labute approximate surface area is 156 Å². The van der Waals surface area contributed by atoms with Gasteiger partial charge in [-0.3, -0.25) is 9.52 Å². The van der Waals surface area contributed by atoms with Gasteiger partial charge in [-0.25, -0.2) is 12.8 Å². The fourth-order valence-corrected chi connectivity index (χ4v) is 3.92. The molecule has 1 aliphatic rings. The van der Waals surface area contributed by atoms with Crippen molar-refractivity contribution in [3.8, 4) is 0 Å². The molecule has 2 aromatic carbocycles. The molecule has 1 amide bonds. The number of carbonyl (C=O) groups excluding carboxylic acids is 1. The molecule has 0 saturated carbocycles. The molecule has 3 rings (SSSR count). The van der Waals surface area contributed by atoms with Crippen LogP contribution >= 0.6 is 0 Å². The van der Waals surface area contributed by atoms with Crippen molar-refractivity contribution in [2.75, 3.05) is 24.4 Å². The minimum Gasteiger partial charge on any atom is -0.391 e. The Morgan fingerprint density at radius 1 is 1.19 bits per heavy atom. The largest absolute Gasteiger partial charge is 0.391 e. The van der Waals surface area contributed by atoms with E-state index in [2.05, 4.69) is 15.4 Å². The predicted octanol–water partition coefficient (Wildman–Crippen LogP) is 0.937. The highest BCUT2D eigenvalue weighted by molar-refractivity contribution is 7.92. The molecule has 0 aliphatic carbocycles. The third-order valence-corrected chi connectivity index (χ3v) is 5.72. The summed E-state index contributed by atoms with van der Waals surface area (Å²) in [5.74, 6) is -1.24. The molecule has 1 saturated heterocycles. The van der Waals surface area contributed by atoms with Crippen molar-refractivity contribution in [3.05, 3.63) is 59.9 Å². The monoisotopic (exact) mass is 393 g/mol. The zero-order valence-corrected chi connectivity index (χ0v) is 15.2. The van der Waals surface area contributed by atoms with E-state index in [1.54, 1.807) is 0 Å². The van der Waals surface area contributed by atoms with E-state index in [1.807, 2.05) is 0 Å². The maximum atomic E-state index is 13.7. The first-order valence-electron chi connectivity index (χ1n) is 8.41. The van der Waals surface area contributed by atoms with Gasteiger partial charge in [0.15, 0.2) is 0 Å². The van der Waals surface area contributed by atoms with Crippen LogP contribution in [0.3, 0.4) is 0 Å². The number of aliphatic hydroxyl groups is 1. The third kappa shape index (κ3) is 4.62. The number of rotatable bonds is 6. The molecule has 1 aliphatic heterocycles. The van der Waals surface area contributed by atoms with Gasteiger partial charge >= 0.3 is 0 Å². The van der Waals surface area contributed by atoms with E-state index in [1.165, 1.54) is 42.5 Å². The van der Waals surface area contributed by atoms with Gasteiger partial charge in [-0.2, -0.15) is 0 Å². The van der Waals surface area contributed by atoms with E-state index in [0.29, 0.717) is 13.1 Å². The number of anilines is 1. The summed E-state index contributed by atoms with van der Waals surface area (Å²) in [5.41, 5.74) is -0.0121. The van der Waals surface area contributed by atoms with Gasteiger partial charge in [0.2, 0.25) is 0 Å². The van der Waals surface area contributed by atoms with Gasteiger partial charge in [-0.05, 0) is 30.3 Å². The van der Waals surface area contributed by atoms with Crippen molar-refractivity contribution in [2.45, 2.75) is 11.0 Å². The molecule has 0 radical (unpaired) electrons. The summed E-state index contributed by atoms with van der Waals surface area (Å²) in [7, 11) is -4.05. The van der Waals surface area contributed by atoms with Crippen molar-refractivity contribution in [3.63, 3.8) is 0 Å². The normalized spacial score (nSPS) is 19.6. The number of aliphatic hydroxyl groups excluding tert-OH is 1. The Hall–Kier alpha value is -2.49. The van der Waals surface area contributed by atoms with Crippen LogP contribution in [0.1, 0.15) is 10.4 Å². The summed E-state index contributed by atoms with van der Waals surface area (Å²) in [5, 5.41) is 15.5. The van der Waals surface area contributed by atoms with E-state index in [4.69, 9.17) is 0 Å². The Bertz CT molecular complexity index is 936. The van der Waals surface area contributed by atoms with Crippen LogP contribution < -0.4 is 15.4 Å². The van der Waals surface area contributed by atoms with Crippen LogP contribution in [0.15, 0.2) is 53.4 Å². The third-order valence-electron chi connectivity index (χ3n) is 4.35. The standard InChI is InChI=1S/C18H20FN3O4S/c19-15-6-1-2-7-16(15)22-27(25,26)14-5-3-4-12(8-14)18(24)21-10-13-9-20-11-17(13)23/h1-8,13,17,20,22-23H,9-11H2,(H,21,24). The summed E-state index contributed by atoms with van der Waals surface area (Å²) >= 11 is 0. The summed E-state index contributed by atoms with van der Waals surface area (Å²) in [4.78, 5) is 12.2. The molecule has 2 aromatic rings. The minimum absolute atomic E-state index is 0.0939. The number of β-amino-alcohol motifs (C(OH)–C–C–N with tert-alkyl or cyclic N) is 1. The van der Waals surface area contributed by atoms with E-state index >= 15 is 0 Å². The molecule has 0 aromatic heterocycles. The number of nitrogens with one attached hydrogen (secondary N) is 3. The van der Waals surface area contributed by atoms with Gasteiger partial charge in [-0.1, -0.05) is 18.2 Å². The molecule has 2 unspecified atom stereocenters. The number of hydrogen-bond donors (Lipinski definition) is 4. The Morgan fingerprint density at radius 3 is 2.67 bits per heavy atom. The van der Waals surface area contributed by atoms with Crippen molar-refractivity contribution >= 4 is 21.6 Å². The maximum Gasteiger partial charge on any atom is 0.262 e. The number of amides is 1. The minimum atomic E-state index is -4.05. The zero-order chi connectivity index (χ0) is 19.4. The van der Waals surface area contributed by atoms with Crippen molar-refractivity contribution in [1.29, 1.82) is 0 Å². The fraction of sp³-hybridized carbons (Fsp3) is 0.278. The summed E-state index contributed by atoms with van der Waals surface area (Å²) in [6.07, 6.45) is -0.526. The first kappa shape index (κ1) is 19.3. The highest BCUT2D eigenvalue weighted by atomic mass is 32.2. The number of para-hydroxylation sites is 1. The Morgan fingerprint density at radius 2 is 1.96 bits per heavy atom. The maximum absolute atomic E-state index is 13.7. The molecule has 27 heavy (non-hydrogen) atoms. The van der Waals surface area contributed by atoms with Crippen molar-refractivity contribution in [1.82, 2.24) is 10.6 Å².